The average molecular weight is 210 g/mol. The Labute approximate surface area is 84.8 Å². The number of benzene rings is 1. The Morgan fingerprint density at radius 2 is 1.85 bits per heavy atom. The topological polar surface area (TPSA) is 24.7 Å². The van der Waals surface area contributed by atoms with Crippen LogP contribution in [0.1, 0.15) is 0 Å². The van der Waals surface area contributed by atoms with E-state index in [1.165, 1.54) is 18.2 Å². The molecule has 0 saturated carbocycles. The molecule has 13 heavy (non-hydrogen) atoms. The number of aliphatic imine (C=N–C) groups is 2. The number of isothiocyanates is 2. The van der Waals surface area contributed by atoms with Crippen LogP contribution < -0.4 is 0 Å². The van der Waals surface area contributed by atoms with Gasteiger partial charge in [-0.05, 0) is 42.6 Å². The van der Waals surface area contributed by atoms with Crippen LogP contribution in [-0.2, 0) is 0 Å². The molecule has 0 aliphatic carbocycles. The minimum absolute atomic E-state index is 0.0986. The highest BCUT2D eigenvalue weighted by molar-refractivity contribution is 7.78. The zero-order chi connectivity index (χ0) is 9.68. The molecule has 5 heteroatoms. The predicted octanol–water partition coefficient (Wildman–Crippen LogP) is 3.29. The van der Waals surface area contributed by atoms with Gasteiger partial charge in [-0.15, -0.1) is 0 Å². The highest BCUT2D eigenvalue weighted by Crippen LogP contribution is 2.23. The second kappa shape index (κ2) is 4.70. The van der Waals surface area contributed by atoms with Crippen LogP contribution in [-0.4, -0.2) is 10.3 Å². The van der Waals surface area contributed by atoms with Gasteiger partial charge in [-0.2, -0.15) is 9.98 Å². The molecular formula is C8H3FN2S2. The number of nitrogens with zero attached hydrogens (tertiary/aromatic N) is 2. The van der Waals surface area contributed by atoms with Gasteiger partial charge in [-0.3, -0.25) is 0 Å². The maximum absolute atomic E-state index is 12.9. The standard InChI is InChI=1S/C8H3FN2S2/c9-7-2-1-6(10-4-12)3-8(7)11-5-13/h1-3H. The Morgan fingerprint density at radius 3 is 2.46 bits per heavy atom. The normalized spacial score (nSPS) is 8.38. The summed E-state index contributed by atoms with van der Waals surface area (Å²) in [4.78, 5) is 7.18. The molecule has 0 atom stereocenters. The molecule has 0 amide bonds. The summed E-state index contributed by atoms with van der Waals surface area (Å²) < 4.78 is 12.9. The van der Waals surface area contributed by atoms with E-state index in [9.17, 15) is 4.39 Å². The van der Waals surface area contributed by atoms with Crippen molar-refractivity contribution in [2.24, 2.45) is 9.98 Å². The lowest BCUT2D eigenvalue weighted by molar-refractivity contribution is 0.630. The highest BCUT2D eigenvalue weighted by atomic mass is 32.1. The van der Waals surface area contributed by atoms with Crippen LogP contribution in [0.25, 0.3) is 0 Å². The monoisotopic (exact) mass is 210 g/mol. The van der Waals surface area contributed by atoms with Crippen molar-refractivity contribution in [3.8, 4) is 0 Å². The first kappa shape index (κ1) is 9.84. The molecule has 0 aromatic heterocycles. The molecule has 0 unspecified atom stereocenters. The van der Waals surface area contributed by atoms with E-state index in [2.05, 4.69) is 44.7 Å². The lowest BCUT2D eigenvalue weighted by Gasteiger charge is -1.94. The van der Waals surface area contributed by atoms with Gasteiger partial charge in [0.1, 0.15) is 11.5 Å². The third-order valence-corrected chi connectivity index (χ3v) is 1.45. The van der Waals surface area contributed by atoms with Crippen LogP contribution in [0.4, 0.5) is 15.8 Å². The first-order chi connectivity index (χ1) is 6.27. The van der Waals surface area contributed by atoms with Crippen LogP contribution in [0.15, 0.2) is 28.2 Å². The highest BCUT2D eigenvalue weighted by Gasteiger charge is 2.00. The minimum Gasteiger partial charge on any atom is -0.205 e. The summed E-state index contributed by atoms with van der Waals surface area (Å²) in [5, 5.41) is 4.24. The Bertz CT molecular complexity index is 418. The van der Waals surface area contributed by atoms with Gasteiger partial charge in [0.05, 0.1) is 16.0 Å². The van der Waals surface area contributed by atoms with E-state index >= 15 is 0 Å². The summed E-state index contributed by atoms with van der Waals surface area (Å²) in [7, 11) is 0. The van der Waals surface area contributed by atoms with Crippen molar-refractivity contribution in [3.63, 3.8) is 0 Å². The van der Waals surface area contributed by atoms with Crippen LogP contribution >= 0.6 is 24.4 Å². The lowest BCUT2D eigenvalue weighted by atomic mass is 10.3. The van der Waals surface area contributed by atoms with Gasteiger partial charge in [0.25, 0.3) is 0 Å². The smallest absolute Gasteiger partial charge is 0.149 e. The van der Waals surface area contributed by atoms with Gasteiger partial charge < -0.3 is 0 Å². The summed E-state index contributed by atoms with van der Waals surface area (Å²) in [5.41, 5.74) is 0.585. The van der Waals surface area contributed by atoms with Crippen LogP contribution in [0.5, 0.6) is 0 Å². The van der Waals surface area contributed by atoms with Gasteiger partial charge in [0.2, 0.25) is 0 Å². The SMILES string of the molecule is Fc1ccc(N=C=S)cc1N=C=S. The Kier molecular flexibility index (Phi) is 3.55. The van der Waals surface area contributed by atoms with E-state index in [-0.39, 0.29) is 5.69 Å². The molecule has 0 bridgehead atoms. The van der Waals surface area contributed by atoms with Gasteiger partial charge in [-0.25, -0.2) is 4.39 Å². The summed E-state index contributed by atoms with van der Waals surface area (Å²) in [6.45, 7) is 0. The fraction of sp³-hybridized carbons (Fsp3) is 0. The Hall–Kier alpha value is -1.25. The Balaban J connectivity index is 3.25. The van der Waals surface area contributed by atoms with E-state index in [4.69, 9.17) is 0 Å². The van der Waals surface area contributed by atoms with Crippen molar-refractivity contribution >= 4 is 46.1 Å². The molecule has 0 aliphatic heterocycles. The molecule has 0 fully saturated rings. The van der Waals surface area contributed by atoms with Crippen LogP contribution in [0, 0.1) is 5.82 Å². The average Bonchev–Trinajstić information content (AvgIpc) is 2.12. The van der Waals surface area contributed by atoms with Crippen LogP contribution in [0.3, 0.4) is 0 Å². The maximum Gasteiger partial charge on any atom is 0.149 e. The summed E-state index contributed by atoms with van der Waals surface area (Å²) in [6.07, 6.45) is 0. The number of thiocarbonyl (C=S) groups is 2. The van der Waals surface area contributed by atoms with Crippen molar-refractivity contribution in [1.82, 2.24) is 0 Å². The molecule has 0 spiro atoms. The zero-order valence-corrected chi connectivity index (χ0v) is 7.95. The summed E-state index contributed by atoms with van der Waals surface area (Å²) >= 11 is 8.75. The molecule has 0 N–H and O–H groups in total. The third kappa shape index (κ3) is 2.61. The number of rotatable bonds is 2. The second-order valence-electron chi connectivity index (χ2n) is 2.04. The Morgan fingerprint density at radius 1 is 1.15 bits per heavy atom. The van der Waals surface area contributed by atoms with Crippen molar-refractivity contribution in [2.45, 2.75) is 0 Å². The van der Waals surface area contributed by atoms with Crippen molar-refractivity contribution in [3.05, 3.63) is 24.0 Å². The molecule has 0 radical (unpaired) electrons. The zero-order valence-electron chi connectivity index (χ0n) is 6.32. The summed E-state index contributed by atoms with van der Waals surface area (Å²) in [5.74, 6) is -0.472. The molecule has 1 aromatic rings. The fourth-order valence-electron chi connectivity index (χ4n) is 0.758. The summed E-state index contributed by atoms with van der Waals surface area (Å²) in [6, 6.07) is 4.11. The van der Waals surface area contributed by atoms with E-state index < -0.39 is 5.82 Å². The van der Waals surface area contributed by atoms with Gasteiger partial charge in [0, 0.05) is 0 Å². The molecule has 2 nitrogen and oxygen atoms in total. The molecule has 1 rings (SSSR count). The third-order valence-electron chi connectivity index (χ3n) is 1.27. The quantitative estimate of drug-likeness (QED) is 0.552. The van der Waals surface area contributed by atoms with E-state index in [0.29, 0.717) is 5.69 Å². The molecule has 0 aliphatic rings. The van der Waals surface area contributed by atoms with Crippen molar-refractivity contribution in [2.75, 3.05) is 0 Å². The molecule has 0 saturated heterocycles. The molecule has 0 heterocycles. The van der Waals surface area contributed by atoms with E-state index in [1.54, 1.807) is 0 Å². The van der Waals surface area contributed by atoms with Gasteiger partial charge >= 0.3 is 0 Å². The second-order valence-corrected chi connectivity index (χ2v) is 2.41. The number of hydrogen-bond donors (Lipinski definition) is 0. The predicted molar refractivity (Wildman–Crippen MR) is 55.8 cm³/mol. The molecule has 1 aromatic carbocycles. The first-order valence-corrected chi connectivity index (χ1v) is 4.05. The minimum atomic E-state index is -0.472. The molecular weight excluding hydrogens is 207 g/mol. The van der Waals surface area contributed by atoms with Crippen molar-refractivity contribution in [1.29, 1.82) is 0 Å². The number of hydrogen-bond acceptors (Lipinski definition) is 4. The largest absolute Gasteiger partial charge is 0.205 e. The van der Waals surface area contributed by atoms with Gasteiger partial charge in [0.15, 0.2) is 0 Å². The first-order valence-electron chi connectivity index (χ1n) is 3.23. The van der Waals surface area contributed by atoms with E-state index in [1.807, 2.05) is 0 Å². The lowest BCUT2D eigenvalue weighted by Crippen LogP contribution is -1.74. The maximum atomic E-state index is 12.9. The van der Waals surface area contributed by atoms with Crippen LogP contribution in [0.2, 0.25) is 0 Å². The van der Waals surface area contributed by atoms with Crippen molar-refractivity contribution < 1.29 is 4.39 Å². The van der Waals surface area contributed by atoms with Gasteiger partial charge in [-0.1, -0.05) is 0 Å². The number of halogens is 1. The fourth-order valence-corrected chi connectivity index (χ4v) is 0.962. The van der Waals surface area contributed by atoms with E-state index in [0.717, 1.165) is 0 Å². The molecule has 64 valence electrons.